The first kappa shape index (κ1) is 26.6. The van der Waals surface area contributed by atoms with E-state index in [1.807, 2.05) is 12.1 Å². The van der Waals surface area contributed by atoms with Gasteiger partial charge in [-0.15, -0.1) is 0 Å². The zero-order valence-corrected chi connectivity index (χ0v) is 20.0. The molecular weight excluding hydrogens is 500 g/mol. The molecule has 0 radical (unpaired) electrons. The molecule has 2 aromatic heterocycles. The standard InChI is InChI=1S/C23H21ClF2N5O5/c1-23(25,26)21-20(36-18-6-14(9-27)5-16(24)8-18)22(32)30(13-29-21)11-17-7-15(10-28)19(12-31(17)33)35-4-3-34-2/h5,7-8,12-14,33H,3-4,6,11H2,1-2H3/q+1. The lowest BCUT2D eigenvalue weighted by atomic mass is 10.0. The summed E-state index contributed by atoms with van der Waals surface area (Å²) in [6.45, 7) is 0.600. The number of nitriles is 2. The van der Waals surface area contributed by atoms with Crippen molar-refractivity contribution in [3.63, 3.8) is 0 Å². The van der Waals surface area contributed by atoms with Gasteiger partial charge in [-0.2, -0.15) is 19.3 Å². The monoisotopic (exact) mass is 520 g/mol. The van der Waals surface area contributed by atoms with E-state index in [0.29, 0.717) is 11.7 Å². The number of ether oxygens (including phenoxy) is 3. The van der Waals surface area contributed by atoms with Crippen LogP contribution in [0.5, 0.6) is 11.5 Å². The molecule has 0 saturated heterocycles. The third-order valence-corrected chi connectivity index (χ3v) is 5.23. The van der Waals surface area contributed by atoms with Crippen molar-refractivity contribution in [2.75, 3.05) is 20.3 Å². The van der Waals surface area contributed by atoms with Gasteiger partial charge in [0.05, 0.1) is 24.9 Å². The Morgan fingerprint density at radius 2 is 2.14 bits per heavy atom. The van der Waals surface area contributed by atoms with E-state index < -0.39 is 28.8 Å². The highest BCUT2D eigenvalue weighted by molar-refractivity contribution is 6.31. The molecule has 3 rings (SSSR count). The third kappa shape index (κ3) is 6.16. The predicted molar refractivity (Wildman–Crippen MR) is 119 cm³/mol. The summed E-state index contributed by atoms with van der Waals surface area (Å²) in [6, 6.07) is 5.20. The number of alkyl halides is 2. The van der Waals surface area contributed by atoms with Gasteiger partial charge in [-0.25, -0.2) is 4.98 Å². The van der Waals surface area contributed by atoms with Gasteiger partial charge in [-0.05, 0) is 12.2 Å². The van der Waals surface area contributed by atoms with Crippen molar-refractivity contribution in [2.24, 2.45) is 5.92 Å². The lowest BCUT2D eigenvalue weighted by molar-refractivity contribution is -0.909. The molecule has 0 spiro atoms. The number of aromatic nitrogens is 3. The van der Waals surface area contributed by atoms with Crippen LogP contribution in [0.25, 0.3) is 0 Å². The second-order valence-corrected chi connectivity index (χ2v) is 8.22. The van der Waals surface area contributed by atoms with Crippen molar-refractivity contribution in [3.05, 3.63) is 68.8 Å². The van der Waals surface area contributed by atoms with Gasteiger partial charge in [0.25, 0.3) is 23.4 Å². The number of rotatable bonds is 9. The average Bonchev–Trinajstić information content (AvgIpc) is 2.82. The molecule has 1 aliphatic carbocycles. The fraction of sp³-hybridized carbons (Fsp3) is 0.348. The van der Waals surface area contributed by atoms with Gasteiger partial charge < -0.3 is 14.2 Å². The van der Waals surface area contributed by atoms with Crippen molar-refractivity contribution >= 4 is 11.6 Å². The van der Waals surface area contributed by atoms with E-state index in [2.05, 4.69) is 4.98 Å². The largest absolute Gasteiger partial charge is 0.484 e. The van der Waals surface area contributed by atoms with Gasteiger partial charge in [0.1, 0.15) is 30.5 Å². The zero-order valence-electron chi connectivity index (χ0n) is 19.2. The number of pyridine rings is 1. The van der Waals surface area contributed by atoms with Crippen LogP contribution in [0.15, 0.2) is 46.3 Å². The summed E-state index contributed by atoms with van der Waals surface area (Å²) in [5.41, 5.74) is -1.75. The van der Waals surface area contributed by atoms with Crippen LogP contribution in [0.2, 0.25) is 0 Å². The first-order valence-corrected chi connectivity index (χ1v) is 10.9. The zero-order chi connectivity index (χ0) is 26.5. The Kier molecular flexibility index (Phi) is 8.25. The first-order valence-electron chi connectivity index (χ1n) is 10.5. The van der Waals surface area contributed by atoms with Crippen LogP contribution >= 0.6 is 11.6 Å². The minimum atomic E-state index is -3.52. The third-order valence-electron chi connectivity index (χ3n) is 5.00. The summed E-state index contributed by atoms with van der Waals surface area (Å²) >= 11 is 5.99. The number of hydrogen-bond donors (Lipinski definition) is 1. The van der Waals surface area contributed by atoms with Crippen molar-refractivity contribution in [2.45, 2.75) is 25.8 Å². The van der Waals surface area contributed by atoms with E-state index in [1.54, 1.807) is 0 Å². The lowest BCUT2D eigenvalue weighted by Crippen LogP contribution is -2.38. The average molecular weight is 521 g/mol. The second-order valence-electron chi connectivity index (χ2n) is 7.79. The Balaban J connectivity index is 2.00. The van der Waals surface area contributed by atoms with E-state index in [0.717, 1.165) is 17.1 Å². The Morgan fingerprint density at radius 3 is 2.78 bits per heavy atom. The summed E-state index contributed by atoms with van der Waals surface area (Å²) in [4.78, 5) is 16.9. The molecule has 2 heterocycles. The number of nitrogens with zero attached hydrogens (tertiary/aromatic N) is 5. The van der Waals surface area contributed by atoms with Gasteiger partial charge in [-0.3, -0.25) is 14.6 Å². The molecule has 0 amide bonds. The normalized spacial score (nSPS) is 15.4. The molecule has 13 heteroatoms. The fourth-order valence-electron chi connectivity index (χ4n) is 3.30. The van der Waals surface area contributed by atoms with Crippen molar-refractivity contribution in [1.82, 2.24) is 9.55 Å². The van der Waals surface area contributed by atoms with Gasteiger partial charge in [0.2, 0.25) is 11.5 Å². The minimum absolute atomic E-state index is 0.0164. The van der Waals surface area contributed by atoms with E-state index in [9.17, 15) is 29.3 Å². The highest BCUT2D eigenvalue weighted by atomic mass is 35.5. The molecule has 0 saturated carbocycles. The molecule has 1 aliphatic rings. The highest BCUT2D eigenvalue weighted by Gasteiger charge is 2.34. The van der Waals surface area contributed by atoms with Crippen LogP contribution in [-0.2, 0) is 17.2 Å². The summed E-state index contributed by atoms with van der Waals surface area (Å²) in [7, 11) is 1.48. The van der Waals surface area contributed by atoms with Crippen LogP contribution in [0.4, 0.5) is 8.78 Å². The molecule has 188 valence electrons. The van der Waals surface area contributed by atoms with E-state index in [1.165, 1.54) is 25.3 Å². The van der Waals surface area contributed by atoms with Gasteiger partial charge in [0, 0.05) is 36.3 Å². The molecule has 10 nitrogen and oxygen atoms in total. The molecule has 0 bridgehead atoms. The smallest absolute Gasteiger partial charge is 0.297 e. The topological polar surface area (TPSA) is 134 Å². The molecule has 1 atom stereocenters. The van der Waals surface area contributed by atoms with Gasteiger partial charge >= 0.3 is 0 Å². The maximum absolute atomic E-state index is 14.3. The van der Waals surface area contributed by atoms with Crippen molar-refractivity contribution < 1.29 is 32.9 Å². The summed E-state index contributed by atoms with van der Waals surface area (Å²) in [6.07, 6.45) is 4.84. The minimum Gasteiger partial charge on any atom is -0.484 e. The van der Waals surface area contributed by atoms with E-state index >= 15 is 0 Å². The van der Waals surface area contributed by atoms with Crippen LogP contribution in [-0.4, -0.2) is 35.1 Å². The van der Waals surface area contributed by atoms with Crippen molar-refractivity contribution in [3.8, 4) is 23.6 Å². The predicted octanol–water partition coefficient (Wildman–Crippen LogP) is 2.75. The molecule has 1 unspecified atom stereocenters. The molecule has 0 fully saturated rings. The molecule has 0 aliphatic heterocycles. The van der Waals surface area contributed by atoms with E-state index in [4.69, 9.17) is 25.8 Å². The molecular formula is C23H21ClF2N5O5+. The first-order chi connectivity index (χ1) is 17.1. The van der Waals surface area contributed by atoms with Gasteiger partial charge in [-0.1, -0.05) is 11.6 Å². The van der Waals surface area contributed by atoms with Crippen LogP contribution in [0.1, 0.15) is 30.3 Å². The number of hydrogen-bond acceptors (Lipinski definition) is 8. The Hall–Kier alpha value is -4.00. The van der Waals surface area contributed by atoms with Crippen LogP contribution < -0.4 is 19.8 Å². The Morgan fingerprint density at radius 1 is 1.39 bits per heavy atom. The molecule has 0 aromatic carbocycles. The fourth-order valence-corrected chi connectivity index (χ4v) is 3.57. The van der Waals surface area contributed by atoms with E-state index in [-0.39, 0.29) is 54.0 Å². The van der Waals surface area contributed by atoms with Crippen LogP contribution in [0.3, 0.4) is 0 Å². The number of halogens is 3. The van der Waals surface area contributed by atoms with Gasteiger partial charge in [0.15, 0.2) is 5.69 Å². The SMILES string of the molecule is COCCOc1c[n+](O)c(Cn2cnc(C(C)(F)F)c(OC3=CC(Cl)=CC(C#N)C3)c2=O)cc1C#N. The Labute approximate surface area is 209 Å². The molecule has 2 aromatic rings. The number of methoxy groups -OCH3 is 1. The lowest BCUT2D eigenvalue weighted by Gasteiger charge is -2.19. The summed E-state index contributed by atoms with van der Waals surface area (Å²) in [5.74, 6) is -4.81. The second kappa shape index (κ2) is 11.2. The molecule has 36 heavy (non-hydrogen) atoms. The Bertz CT molecular complexity index is 1350. The maximum atomic E-state index is 14.3. The maximum Gasteiger partial charge on any atom is 0.297 e. The summed E-state index contributed by atoms with van der Waals surface area (Å²) in [5, 5.41) is 29.2. The quantitative estimate of drug-likeness (QED) is 0.303. The van der Waals surface area contributed by atoms with Crippen molar-refractivity contribution in [1.29, 1.82) is 10.5 Å². The highest BCUT2D eigenvalue weighted by Crippen LogP contribution is 2.33. The van der Waals surface area contributed by atoms with Crippen LogP contribution in [0, 0.1) is 28.6 Å². The number of allylic oxidation sites excluding steroid dienone is 4. The molecule has 1 N–H and O–H groups in total. The summed E-state index contributed by atoms with van der Waals surface area (Å²) < 4.78 is 45.9.